The Morgan fingerprint density at radius 2 is 1.80 bits per heavy atom. The number of benzene rings is 1. The average molecular weight is 213 g/mol. The zero-order chi connectivity index (χ0) is 11.5. The zero-order valence-electron chi connectivity index (χ0n) is 8.17. The van der Waals surface area contributed by atoms with E-state index in [1.165, 1.54) is 12.1 Å². The van der Waals surface area contributed by atoms with Gasteiger partial charge >= 0.3 is 6.18 Å². The van der Waals surface area contributed by atoms with E-state index in [2.05, 4.69) is 0 Å². The van der Waals surface area contributed by atoms with Crippen molar-refractivity contribution in [3.05, 3.63) is 35.4 Å². The zero-order valence-corrected chi connectivity index (χ0v) is 8.17. The lowest BCUT2D eigenvalue weighted by Crippen LogP contribution is -2.04. The minimum absolute atomic E-state index is 0.0303. The summed E-state index contributed by atoms with van der Waals surface area (Å²) in [6.45, 7) is 1.81. The third-order valence-corrected chi connectivity index (χ3v) is 2.20. The van der Waals surface area contributed by atoms with Gasteiger partial charge in [0.1, 0.15) is 0 Å². The maximum absolute atomic E-state index is 12.2. The molecule has 1 rings (SSSR count). The summed E-state index contributed by atoms with van der Waals surface area (Å²) in [5.74, 6) is -0.0303. The minimum Gasteiger partial charge on any atom is -0.198 e. The maximum Gasteiger partial charge on any atom is 0.416 e. The number of halogens is 3. The molecule has 1 aromatic carbocycles. The van der Waals surface area contributed by atoms with Gasteiger partial charge in [-0.25, -0.2) is 0 Å². The second kappa shape index (κ2) is 4.35. The molecule has 0 aliphatic rings. The Balaban J connectivity index is 2.87. The molecule has 0 radical (unpaired) electrons. The lowest BCUT2D eigenvalue weighted by Gasteiger charge is -2.10. The van der Waals surface area contributed by atoms with Crippen LogP contribution in [-0.2, 0) is 6.18 Å². The lowest BCUT2D eigenvalue weighted by atomic mass is 9.97. The Labute approximate surface area is 86.1 Å². The van der Waals surface area contributed by atoms with Gasteiger partial charge in [-0.3, -0.25) is 0 Å². The van der Waals surface area contributed by atoms with Crippen LogP contribution in [0.3, 0.4) is 0 Å². The van der Waals surface area contributed by atoms with E-state index in [9.17, 15) is 13.2 Å². The molecule has 0 aliphatic heterocycles. The molecular weight excluding hydrogens is 203 g/mol. The van der Waals surface area contributed by atoms with E-state index in [0.717, 1.165) is 17.7 Å². The Hall–Kier alpha value is -1.50. The van der Waals surface area contributed by atoms with Crippen molar-refractivity contribution in [1.29, 1.82) is 5.26 Å². The summed E-state index contributed by atoms with van der Waals surface area (Å²) in [5, 5.41) is 8.45. The fourth-order valence-electron chi connectivity index (χ4n) is 1.26. The number of rotatable bonds is 2. The first kappa shape index (κ1) is 11.6. The van der Waals surface area contributed by atoms with Gasteiger partial charge in [0.2, 0.25) is 0 Å². The van der Waals surface area contributed by atoms with Crippen LogP contribution in [0.1, 0.15) is 30.4 Å². The molecular formula is C11H10F3N. The molecule has 4 heteroatoms. The van der Waals surface area contributed by atoms with E-state index in [1.807, 2.05) is 13.0 Å². The summed E-state index contributed by atoms with van der Waals surface area (Å²) in [6.07, 6.45) is -3.98. The van der Waals surface area contributed by atoms with Gasteiger partial charge in [0, 0.05) is 6.42 Å². The van der Waals surface area contributed by atoms with Crippen molar-refractivity contribution >= 4 is 0 Å². The molecule has 0 unspecified atom stereocenters. The van der Waals surface area contributed by atoms with Crippen LogP contribution in [0.25, 0.3) is 0 Å². The van der Waals surface area contributed by atoms with E-state index < -0.39 is 11.7 Å². The topological polar surface area (TPSA) is 23.8 Å². The van der Waals surface area contributed by atoms with Crippen LogP contribution in [0.2, 0.25) is 0 Å². The molecule has 0 aromatic heterocycles. The monoisotopic (exact) mass is 213 g/mol. The second-order valence-corrected chi connectivity index (χ2v) is 3.38. The van der Waals surface area contributed by atoms with Gasteiger partial charge in [-0.1, -0.05) is 19.1 Å². The molecule has 1 aromatic rings. The molecule has 0 N–H and O–H groups in total. The summed E-state index contributed by atoms with van der Waals surface area (Å²) in [7, 11) is 0. The molecule has 0 amide bonds. The third kappa shape index (κ3) is 2.98. The molecule has 0 saturated heterocycles. The van der Waals surface area contributed by atoms with E-state index in [4.69, 9.17) is 5.26 Å². The van der Waals surface area contributed by atoms with Crippen LogP contribution in [-0.4, -0.2) is 0 Å². The summed E-state index contributed by atoms with van der Waals surface area (Å²) in [6, 6.07) is 6.92. The highest BCUT2D eigenvalue weighted by Gasteiger charge is 2.30. The molecule has 1 nitrogen and oxygen atoms in total. The smallest absolute Gasteiger partial charge is 0.198 e. The van der Waals surface area contributed by atoms with Crippen LogP contribution in [0.5, 0.6) is 0 Å². The van der Waals surface area contributed by atoms with Gasteiger partial charge in [-0.15, -0.1) is 0 Å². The summed E-state index contributed by atoms with van der Waals surface area (Å²) < 4.78 is 36.6. The van der Waals surface area contributed by atoms with E-state index in [-0.39, 0.29) is 5.92 Å². The molecule has 1 atom stereocenters. The first-order chi connectivity index (χ1) is 6.95. The van der Waals surface area contributed by atoms with Crippen LogP contribution in [0.15, 0.2) is 24.3 Å². The molecule has 15 heavy (non-hydrogen) atoms. The Kier molecular flexibility index (Phi) is 3.35. The quantitative estimate of drug-likeness (QED) is 0.734. The summed E-state index contributed by atoms with van der Waals surface area (Å²) in [5.41, 5.74) is 0.0972. The lowest BCUT2D eigenvalue weighted by molar-refractivity contribution is -0.137. The van der Waals surface area contributed by atoms with Crippen molar-refractivity contribution in [2.75, 3.05) is 0 Å². The number of alkyl halides is 3. The normalized spacial score (nSPS) is 13.3. The van der Waals surface area contributed by atoms with Gasteiger partial charge in [0.05, 0.1) is 11.6 Å². The van der Waals surface area contributed by atoms with Gasteiger partial charge in [0.25, 0.3) is 0 Å². The van der Waals surface area contributed by atoms with Crippen LogP contribution < -0.4 is 0 Å². The summed E-state index contributed by atoms with van der Waals surface area (Å²) in [4.78, 5) is 0. The Bertz CT molecular complexity index is 359. The highest BCUT2D eigenvalue weighted by molar-refractivity contribution is 5.27. The summed E-state index contributed by atoms with van der Waals surface area (Å²) >= 11 is 0. The van der Waals surface area contributed by atoms with Crippen molar-refractivity contribution in [2.45, 2.75) is 25.4 Å². The number of hydrogen-bond acceptors (Lipinski definition) is 1. The molecule has 0 saturated carbocycles. The standard InChI is InChI=1S/C11H10F3N/c1-8(6-7-15)9-2-4-10(5-3-9)11(12,13)14/h2-5,8H,6H2,1H3/t8-/m1/s1. The van der Waals surface area contributed by atoms with E-state index in [1.54, 1.807) is 0 Å². The molecule has 0 fully saturated rings. The van der Waals surface area contributed by atoms with Gasteiger partial charge in [-0.05, 0) is 23.6 Å². The maximum atomic E-state index is 12.2. The number of nitrogens with zero attached hydrogens (tertiary/aromatic N) is 1. The Morgan fingerprint density at radius 3 is 2.20 bits per heavy atom. The Morgan fingerprint density at radius 1 is 1.27 bits per heavy atom. The predicted octanol–water partition coefficient (Wildman–Crippen LogP) is 3.72. The predicted molar refractivity (Wildman–Crippen MR) is 50.1 cm³/mol. The minimum atomic E-state index is -4.29. The fraction of sp³-hybridized carbons (Fsp3) is 0.364. The highest BCUT2D eigenvalue weighted by Crippen LogP contribution is 2.30. The van der Waals surface area contributed by atoms with E-state index >= 15 is 0 Å². The molecule has 0 aliphatic carbocycles. The van der Waals surface area contributed by atoms with Crippen LogP contribution >= 0.6 is 0 Å². The van der Waals surface area contributed by atoms with Crippen molar-refractivity contribution in [3.8, 4) is 6.07 Å². The van der Waals surface area contributed by atoms with E-state index in [0.29, 0.717) is 6.42 Å². The molecule has 0 spiro atoms. The molecule has 0 bridgehead atoms. The van der Waals surface area contributed by atoms with Crippen molar-refractivity contribution < 1.29 is 13.2 Å². The van der Waals surface area contributed by atoms with Crippen molar-refractivity contribution in [2.24, 2.45) is 0 Å². The van der Waals surface area contributed by atoms with Gasteiger partial charge in [0.15, 0.2) is 0 Å². The third-order valence-electron chi connectivity index (χ3n) is 2.20. The average Bonchev–Trinajstić information content (AvgIpc) is 2.17. The SMILES string of the molecule is C[C@H](CC#N)c1ccc(C(F)(F)F)cc1. The molecule has 80 valence electrons. The van der Waals surface area contributed by atoms with Crippen molar-refractivity contribution in [1.82, 2.24) is 0 Å². The van der Waals surface area contributed by atoms with Gasteiger partial charge in [-0.2, -0.15) is 18.4 Å². The van der Waals surface area contributed by atoms with Crippen LogP contribution in [0, 0.1) is 11.3 Å². The first-order valence-electron chi connectivity index (χ1n) is 4.49. The molecule has 0 heterocycles. The van der Waals surface area contributed by atoms with Crippen LogP contribution in [0.4, 0.5) is 13.2 Å². The highest BCUT2D eigenvalue weighted by atomic mass is 19.4. The number of nitriles is 1. The second-order valence-electron chi connectivity index (χ2n) is 3.38. The van der Waals surface area contributed by atoms with Crippen molar-refractivity contribution in [3.63, 3.8) is 0 Å². The van der Waals surface area contributed by atoms with Gasteiger partial charge < -0.3 is 0 Å². The largest absolute Gasteiger partial charge is 0.416 e. The number of hydrogen-bond donors (Lipinski definition) is 0. The first-order valence-corrected chi connectivity index (χ1v) is 4.49. The fourth-order valence-corrected chi connectivity index (χ4v) is 1.26.